The molecule has 0 bridgehead atoms. The van der Waals surface area contributed by atoms with Gasteiger partial charge in [-0.25, -0.2) is 0 Å². The minimum Gasteiger partial charge on any atom is -0.320 e. The highest BCUT2D eigenvalue weighted by Gasteiger charge is 2.09. The van der Waals surface area contributed by atoms with Gasteiger partial charge >= 0.3 is 0 Å². The van der Waals surface area contributed by atoms with Crippen molar-refractivity contribution in [3.8, 4) is 0 Å². The molecule has 0 aliphatic carbocycles. The first-order valence-corrected chi connectivity index (χ1v) is 5.90. The van der Waals surface area contributed by atoms with Crippen molar-refractivity contribution in [2.45, 2.75) is 6.92 Å². The van der Waals surface area contributed by atoms with Crippen molar-refractivity contribution in [2.24, 2.45) is 0 Å². The number of aromatic amines is 1. The Kier molecular flexibility index (Phi) is 2.72. The Balaban J connectivity index is 1.89. The van der Waals surface area contributed by atoms with E-state index in [0.29, 0.717) is 5.56 Å². The highest BCUT2D eigenvalue weighted by molar-refractivity contribution is 6.06. The fraction of sp³-hybridized carbons (Fsp3) is 0.0714. The van der Waals surface area contributed by atoms with Crippen molar-refractivity contribution in [1.82, 2.24) is 15.2 Å². The number of hydrogen-bond acceptors (Lipinski definition) is 3. The van der Waals surface area contributed by atoms with Crippen molar-refractivity contribution < 1.29 is 4.79 Å². The van der Waals surface area contributed by atoms with Gasteiger partial charge in [-0.2, -0.15) is 5.10 Å². The number of rotatable bonds is 2. The van der Waals surface area contributed by atoms with Gasteiger partial charge in [0.1, 0.15) is 0 Å². The minimum absolute atomic E-state index is 0.160. The number of carbonyl (C=O) groups excluding carboxylic acids is 1. The number of nitrogens with zero attached hydrogens (tertiary/aromatic N) is 2. The molecule has 94 valence electrons. The first-order chi connectivity index (χ1) is 9.24. The molecule has 3 rings (SSSR count). The Hall–Kier alpha value is -2.69. The molecule has 2 heterocycles. The predicted octanol–water partition coefficient (Wildman–Crippen LogP) is 2.52. The second-order valence-electron chi connectivity index (χ2n) is 4.26. The molecule has 0 aliphatic heterocycles. The number of H-pyrrole nitrogens is 1. The summed E-state index contributed by atoms with van der Waals surface area (Å²) in [5.74, 6) is -0.160. The lowest BCUT2D eigenvalue weighted by Crippen LogP contribution is -2.13. The standard InChI is InChI=1S/C14H12N4O/c1-9-12(3-2-6-15-9)17-14(19)10-4-5-11-8-16-18-13(11)7-10/h2-8H,1H3,(H,16,18)(H,17,19). The monoisotopic (exact) mass is 252 g/mol. The molecule has 5 nitrogen and oxygen atoms in total. The van der Waals surface area contributed by atoms with Crippen molar-refractivity contribution in [2.75, 3.05) is 5.32 Å². The van der Waals surface area contributed by atoms with Gasteiger partial charge in [0.05, 0.1) is 23.1 Å². The summed E-state index contributed by atoms with van der Waals surface area (Å²) in [6.45, 7) is 1.85. The zero-order valence-corrected chi connectivity index (χ0v) is 10.3. The van der Waals surface area contributed by atoms with Crippen LogP contribution in [0.15, 0.2) is 42.7 Å². The van der Waals surface area contributed by atoms with E-state index in [1.807, 2.05) is 19.1 Å². The first-order valence-electron chi connectivity index (χ1n) is 5.90. The molecule has 1 aromatic carbocycles. The van der Waals surface area contributed by atoms with E-state index in [1.54, 1.807) is 30.6 Å². The maximum Gasteiger partial charge on any atom is 0.255 e. The number of amides is 1. The van der Waals surface area contributed by atoms with E-state index in [1.165, 1.54) is 0 Å². The van der Waals surface area contributed by atoms with Crippen LogP contribution in [0, 0.1) is 6.92 Å². The molecule has 0 unspecified atom stereocenters. The molecule has 5 heteroatoms. The number of carbonyl (C=O) groups is 1. The van der Waals surface area contributed by atoms with E-state index >= 15 is 0 Å². The Labute approximate surface area is 109 Å². The summed E-state index contributed by atoms with van der Waals surface area (Å²) >= 11 is 0. The molecule has 0 aliphatic rings. The first kappa shape index (κ1) is 11.4. The summed E-state index contributed by atoms with van der Waals surface area (Å²) in [6.07, 6.45) is 3.42. The summed E-state index contributed by atoms with van der Waals surface area (Å²) in [6, 6.07) is 9.04. The number of aryl methyl sites for hydroxylation is 1. The smallest absolute Gasteiger partial charge is 0.255 e. The SMILES string of the molecule is Cc1ncccc1NC(=O)c1ccc2cn[nH]c2c1. The van der Waals surface area contributed by atoms with Crippen LogP contribution in [0.3, 0.4) is 0 Å². The highest BCUT2D eigenvalue weighted by Crippen LogP contribution is 2.16. The van der Waals surface area contributed by atoms with Crippen LogP contribution in [0.2, 0.25) is 0 Å². The normalized spacial score (nSPS) is 10.6. The molecular formula is C14H12N4O. The van der Waals surface area contributed by atoms with Crippen LogP contribution in [-0.2, 0) is 0 Å². The van der Waals surface area contributed by atoms with Crippen molar-refractivity contribution in [1.29, 1.82) is 0 Å². The number of benzene rings is 1. The fourth-order valence-corrected chi connectivity index (χ4v) is 1.89. The van der Waals surface area contributed by atoms with E-state index in [-0.39, 0.29) is 5.91 Å². The summed E-state index contributed by atoms with van der Waals surface area (Å²) in [5.41, 5.74) is 2.94. The number of fused-ring (bicyclic) bond motifs is 1. The van der Waals surface area contributed by atoms with Crippen LogP contribution >= 0.6 is 0 Å². The van der Waals surface area contributed by atoms with E-state index in [4.69, 9.17) is 0 Å². The molecule has 3 aromatic rings. The zero-order chi connectivity index (χ0) is 13.2. The summed E-state index contributed by atoms with van der Waals surface area (Å²) in [4.78, 5) is 16.3. The predicted molar refractivity (Wildman–Crippen MR) is 73.0 cm³/mol. The van der Waals surface area contributed by atoms with Gasteiger partial charge in [0.25, 0.3) is 5.91 Å². The average Bonchev–Trinajstić information content (AvgIpc) is 2.88. The molecule has 2 N–H and O–H groups in total. The zero-order valence-electron chi connectivity index (χ0n) is 10.3. The number of anilines is 1. The second kappa shape index (κ2) is 4.53. The molecule has 2 aromatic heterocycles. The second-order valence-corrected chi connectivity index (χ2v) is 4.26. The lowest BCUT2D eigenvalue weighted by atomic mass is 10.1. The number of hydrogen-bond donors (Lipinski definition) is 2. The van der Waals surface area contributed by atoms with Crippen LogP contribution in [0.1, 0.15) is 16.1 Å². The quantitative estimate of drug-likeness (QED) is 0.736. The van der Waals surface area contributed by atoms with Gasteiger partial charge in [-0.05, 0) is 31.2 Å². The molecule has 19 heavy (non-hydrogen) atoms. The average molecular weight is 252 g/mol. The third-order valence-electron chi connectivity index (χ3n) is 2.96. The van der Waals surface area contributed by atoms with Gasteiger partial charge < -0.3 is 5.32 Å². The van der Waals surface area contributed by atoms with Gasteiger partial charge in [0.2, 0.25) is 0 Å². The highest BCUT2D eigenvalue weighted by atomic mass is 16.1. The maximum absolute atomic E-state index is 12.2. The van der Waals surface area contributed by atoms with Crippen LogP contribution in [0.5, 0.6) is 0 Å². The van der Waals surface area contributed by atoms with E-state index < -0.39 is 0 Å². The topological polar surface area (TPSA) is 70.7 Å². The van der Waals surface area contributed by atoms with E-state index in [9.17, 15) is 4.79 Å². The lowest BCUT2D eigenvalue weighted by molar-refractivity contribution is 0.102. The minimum atomic E-state index is -0.160. The van der Waals surface area contributed by atoms with Gasteiger partial charge in [0.15, 0.2) is 0 Å². The fourth-order valence-electron chi connectivity index (χ4n) is 1.89. The summed E-state index contributed by atoms with van der Waals surface area (Å²) in [5, 5.41) is 10.6. The molecule has 0 saturated carbocycles. The molecule has 0 saturated heterocycles. The van der Waals surface area contributed by atoms with E-state index in [0.717, 1.165) is 22.3 Å². The molecule has 0 radical (unpaired) electrons. The Morgan fingerprint density at radius 2 is 2.21 bits per heavy atom. The number of pyridine rings is 1. The van der Waals surface area contributed by atoms with Crippen LogP contribution < -0.4 is 5.32 Å². The van der Waals surface area contributed by atoms with Crippen molar-refractivity contribution >= 4 is 22.5 Å². The third-order valence-corrected chi connectivity index (χ3v) is 2.96. The largest absolute Gasteiger partial charge is 0.320 e. The maximum atomic E-state index is 12.2. The molecule has 0 spiro atoms. The number of nitrogens with one attached hydrogen (secondary N) is 2. The van der Waals surface area contributed by atoms with Gasteiger partial charge in [-0.15, -0.1) is 0 Å². The Morgan fingerprint density at radius 3 is 3.05 bits per heavy atom. The van der Waals surface area contributed by atoms with Gasteiger partial charge in [-0.1, -0.05) is 6.07 Å². The lowest BCUT2D eigenvalue weighted by Gasteiger charge is -2.07. The number of aromatic nitrogens is 3. The Bertz CT molecular complexity index is 748. The van der Waals surface area contributed by atoms with Crippen LogP contribution in [0.4, 0.5) is 5.69 Å². The van der Waals surface area contributed by atoms with Crippen molar-refractivity contribution in [3.63, 3.8) is 0 Å². The molecule has 0 atom stereocenters. The van der Waals surface area contributed by atoms with Gasteiger partial charge in [0, 0.05) is 17.1 Å². The Morgan fingerprint density at radius 1 is 1.32 bits per heavy atom. The van der Waals surface area contributed by atoms with Crippen molar-refractivity contribution in [3.05, 3.63) is 54.0 Å². The molecule has 0 fully saturated rings. The third kappa shape index (κ3) is 2.18. The van der Waals surface area contributed by atoms with Crippen LogP contribution in [0.25, 0.3) is 10.9 Å². The summed E-state index contributed by atoms with van der Waals surface area (Å²) in [7, 11) is 0. The summed E-state index contributed by atoms with van der Waals surface area (Å²) < 4.78 is 0. The van der Waals surface area contributed by atoms with E-state index in [2.05, 4.69) is 20.5 Å². The molecule has 1 amide bonds. The van der Waals surface area contributed by atoms with Crippen LogP contribution in [-0.4, -0.2) is 21.1 Å². The molecular weight excluding hydrogens is 240 g/mol. The van der Waals surface area contributed by atoms with Gasteiger partial charge in [-0.3, -0.25) is 14.9 Å².